The number of amides is 1. The standard InChI is InChI=1S/C17H16ClN3O3S/c1-12(14-5-3-7-16(9-14)21(23)24)19-20-17(22)11-25-10-13-4-2-6-15(18)8-13/h2-9H,10-11H2,1H3,(H,20,22)/b19-12-. The van der Waals surface area contributed by atoms with E-state index in [1.807, 2.05) is 18.2 Å². The number of nitrogens with zero attached hydrogens (tertiary/aromatic N) is 2. The lowest BCUT2D eigenvalue weighted by Crippen LogP contribution is -2.21. The van der Waals surface area contributed by atoms with Gasteiger partial charge in [0.1, 0.15) is 0 Å². The summed E-state index contributed by atoms with van der Waals surface area (Å²) in [5.74, 6) is 0.677. The highest BCUT2D eigenvalue weighted by Crippen LogP contribution is 2.16. The molecule has 0 unspecified atom stereocenters. The van der Waals surface area contributed by atoms with Gasteiger partial charge in [0.2, 0.25) is 5.91 Å². The highest BCUT2D eigenvalue weighted by atomic mass is 35.5. The summed E-state index contributed by atoms with van der Waals surface area (Å²) in [5, 5.41) is 15.4. The number of benzene rings is 2. The number of hydrogen-bond acceptors (Lipinski definition) is 5. The lowest BCUT2D eigenvalue weighted by molar-refractivity contribution is -0.384. The van der Waals surface area contributed by atoms with Crippen molar-refractivity contribution in [1.29, 1.82) is 0 Å². The molecule has 0 fully saturated rings. The van der Waals surface area contributed by atoms with Crippen LogP contribution in [0.3, 0.4) is 0 Å². The van der Waals surface area contributed by atoms with E-state index in [4.69, 9.17) is 11.6 Å². The van der Waals surface area contributed by atoms with Crippen LogP contribution in [-0.2, 0) is 10.5 Å². The normalized spacial score (nSPS) is 11.2. The van der Waals surface area contributed by atoms with Gasteiger partial charge in [-0.25, -0.2) is 5.43 Å². The van der Waals surface area contributed by atoms with Crippen molar-refractivity contribution in [3.63, 3.8) is 0 Å². The average Bonchev–Trinajstić information content (AvgIpc) is 2.60. The van der Waals surface area contributed by atoms with Crippen molar-refractivity contribution in [2.75, 3.05) is 5.75 Å². The van der Waals surface area contributed by atoms with Crippen LogP contribution in [0, 0.1) is 10.1 Å². The minimum atomic E-state index is -0.470. The van der Waals surface area contributed by atoms with Gasteiger partial charge in [-0.05, 0) is 24.6 Å². The van der Waals surface area contributed by atoms with E-state index in [9.17, 15) is 14.9 Å². The molecule has 0 aliphatic rings. The number of hydrazone groups is 1. The third-order valence-corrected chi connectivity index (χ3v) is 4.45. The summed E-state index contributed by atoms with van der Waals surface area (Å²) in [6.07, 6.45) is 0. The maximum absolute atomic E-state index is 11.8. The number of halogens is 1. The van der Waals surface area contributed by atoms with Gasteiger partial charge < -0.3 is 0 Å². The molecule has 130 valence electrons. The summed E-state index contributed by atoms with van der Waals surface area (Å²) in [6, 6.07) is 13.6. The molecule has 0 radical (unpaired) electrons. The molecule has 0 aliphatic carbocycles. The Balaban J connectivity index is 1.84. The van der Waals surface area contributed by atoms with Crippen LogP contribution in [0.2, 0.25) is 5.02 Å². The molecule has 0 spiro atoms. The molecule has 0 bridgehead atoms. The van der Waals surface area contributed by atoms with Crippen molar-refractivity contribution < 1.29 is 9.72 Å². The molecule has 0 atom stereocenters. The van der Waals surface area contributed by atoms with E-state index < -0.39 is 4.92 Å². The molecular formula is C17H16ClN3O3S. The first-order valence-corrected chi connectivity index (χ1v) is 8.89. The van der Waals surface area contributed by atoms with Crippen LogP contribution in [0.25, 0.3) is 0 Å². The van der Waals surface area contributed by atoms with E-state index in [1.54, 1.807) is 25.1 Å². The molecule has 0 heterocycles. The molecule has 0 saturated carbocycles. The van der Waals surface area contributed by atoms with Crippen LogP contribution in [0.4, 0.5) is 5.69 Å². The maximum atomic E-state index is 11.8. The molecule has 0 aromatic heterocycles. The topological polar surface area (TPSA) is 84.6 Å². The lowest BCUT2D eigenvalue weighted by Gasteiger charge is -2.04. The van der Waals surface area contributed by atoms with Gasteiger partial charge in [-0.1, -0.05) is 35.9 Å². The first kappa shape index (κ1) is 19.0. The molecule has 25 heavy (non-hydrogen) atoms. The fourth-order valence-electron chi connectivity index (χ4n) is 1.98. The minimum absolute atomic E-state index is 0.0181. The largest absolute Gasteiger partial charge is 0.272 e. The minimum Gasteiger partial charge on any atom is -0.272 e. The number of hydrogen-bond donors (Lipinski definition) is 1. The fraction of sp³-hybridized carbons (Fsp3) is 0.176. The van der Waals surface area contributed by atoms with Crippen molar-refractivity contribution >= 4 is 40.7 Å². The second-order valence-electron chi connectivity index (χ2n) is 5.16. The van der Waals surface area contributed by atoms with E-state index in [0.717, 1.165) is 5.56 Å². The van der Waals surface area contributed by atoms with Crippen molar-refractivity contribution in [2.45, 2.75) is 12.7 Å². The molecule has 1 N–H and O–H groups in total. The van der Waals surface area contributed by atoms with E-state index in [0.29, 0.717) is 22.1 Å². The van der Waals surface area contributed by atoms with Crippen LogP contribution >= 0.6 is 23.4 Å². The maximum Gasteiger partial charge on any atom is 0.270 e. The van der Waals surface area contributed by atoms with Crippen molar-refractivity contribution in [2.24, 2.45) is 5.10 Å². The zero-order valence-electron chi connectivity index (χ0n) is 13.4. The number of nitro groups is 1. The average molecular weight is 378 g/mol. The van der Waals surface area contributed by atoms with E-state index in [-0.39, 0.29) is 17.3 Å². The number of nitro benzene ring substituents is 1. The smallest absolute Gasteiger partial charge is 0.270 e. The molecule has 2 aromatic carbocycles. The molecule has 1 amide bonds. The third-order valence-electron chi connectivity index (χ3n) is 3.21. The van der Waals surface area contributed by atoms with Crippen LogP contribution in [-0.4, -0.2) is 22.3 Å². The van der Waals surface area contributed by atoms with Crippen LogP contribution < -0.4 is 5.43 Å². The second-order valence-corrected chi connectivity index (χ2v) is 6.58. The van der Waals surface area contributed by atoms with Gasteiger partial charge in [0.25, 0.3) is 5.69 Å². The fourth-order valence-corrected chi connectivity index (χ4v) is 2.96. The van der Waals surface area contributed by atoms with Gasteiger partial charge in [-0.15, -0.1) is 11.8 Å². The number of carbonyl (C=O) groups is 1. The molecule has 6 nitrogen and oxygen atoms in total. The monoisotopic (exact) mass is 377 g/mol. The predicted octanol–water partition coefficient (Wildman–Crippen LogP) is 4.02. The molecule has 0 aliphatic heterocycles. The Kier molecular flexibility index (Phi) is 6.97. The van der Waals surface area contributed by atoms with E-state index in [1.165, 1.54) is 23.9 Å². The van der Waals surface area contributed by atoms with Crippen molar-refractivity contribution in [3.05, 3.63) is 74.8 Å². The summed E-state index contributed by atoms with van der Waals surface area (Å²) < 4.78 is 0. The molecule has 0 saturated heterocycles. The van der Waals surface area contributed by atoms with Gasteiger partial charge in [0, 0.05) is 28.5 Å². The first-order valence-electron chi connectivity index (χ1n) is 7.36. The Bertz CT molecular complexity index is 811. The molecule has 2 aromatic rings. The third kappa shape index (κ3) is 6.21. The number of carbonyl (C=O) groups excluding carboxylic acids is 1. The summed E-state index contributed by atoms with van der Waals surface area (Å²) in [6.45, 7) is 1.68. The van der Waals surface area contributed by atoms with Gasteiger partial charge in [-0.3, -0.25) is 14.9 Å². The van der Waals surface area contributed by atoms with E-state index >= 15 is 0 Å². The zero-order chi connectivity index (χ0) is 18.2. The van der Waals surface area contributed by atoms with Gasteiger partial charge in [-0.2, -0.15) is 5.10 Å². The summed E-state index contributed by atoms with van der Waals surface area (Å²) in [5.41, 5.74) is 4.57. The number of rotatable bonds is 7. The number of nitrogens with one attached hydrogen (secondary N) is 1. The molecule has 2 rings (SSSR count). The van der Waals surface area contributed by atoms with Crippen molar-refractivity contribution in [3.8, 4) is 0 Å². The highest BCUT2D eigenvalue weighted by Gasteiger charge is 2.08. The number of non-ortho nitro benzene ring substituents is 1. The Morgan fingerprint density at radius 1 is 1.28 bits per heavy atom. The van der Waals surface area contributed by atoms with Crippen LogP contribution in [0.5, 0.6) is 0 Å². The SMILES string of the molecule is C/C(=N/NC(=O)CSCc1cccc(Cl)c1)c1cccc([N+](=O)[O-])c1. The molecular weight excluding hydrogens is 362 g/mol. The Labute approximate surface area is 154 Å². The Hall–Kier alpha value is -2.38. The molecule has 8 heteroatoms. The Morgan fingerprint density at radius 3 is 2.76 bits per heavy atom. The second kappa shape index (κ2) is 9.19. The zero-order valence-corrected chi connectivity index (χ0v) is 15.0. The van der Waals surface area contributed by atoms with Gasteiger partial charge in [0.05, 0.1) is 16.4 Å². The summed E-state index contributed by atoms with van der Waals surface area (Å²) >= 11 is 7.36. The highest BCUT2D eigenvalue weighted by molar-refractivity contribution is 7.99. The van der Waals surface area contributed by atoms with Gasteiger partial charge in [0.15, 0.2) is 0 Å². The van der Waals surface area contributed by atoms with Crippen LogP contribution in [0.15, 0.2) is 53.6 Å². The first-order chi connectivity index (χ1) is 12.0. The van der Waals surface area contributed by atoms with Gasteiger partial charge >= 0.3 is 0 Å². The Morgan fingerprint density at radius 2 is 2.04 bits per heavy atom. The number of thioether (sulfide) groups is 1. The predicted molar refractivity (Wildman–Crippen MR) is 101 cm³/mol. The van der Waals surface area contributed by atoms with E-state index in [2.05, 4.69) is 10.5 Å². The summed E-state index contributed by atoms with van der Waals surface area (Å²) in [4.78, 5) is 22.2. The quantitative estimate of drug-likeness (QED) is 0.448. The summed E-state index contributed by atoms with van der Waals surface area (Å²) in [7, 11) is 0. The lowest BCUT2D eigenvalue weighted by atomic mass is 10.1. The van der Waals surface area contributed by atoms with Crippen LogP contribution in [0.1, 0.15) is 18.1 Å². The van der Waals surface area contributed by atoms with Crippen molar-refractivity contribution in [1.82, 2.24) is 5.43 Å².